The maximum atomic E-state index is 12.2. The SMILES string of the molecule is Cl.Cn1nc(C2CCNCC2)nc1NC(=O)CC1CSCCS1. The Morgan fingerprint density at radius 3 is 2.87 bits per heavy atom. The third-order valence-electron chi connectivity index (χ3n) is 4.03. The Kier molecular flexibility index (Phi) is 7.52. The van der Waals surface area contributed by atoms with E-state index >= 15 is 0 Å². The molecular formula is C14H24ClN5OS2. The molecule has 0 spiro atoms. The zero-order valence-corrected chi connectivity index (χ0v) is 15.7. The van der Waals surface area contributed by atoms with Crippen molar-refractivity contribution in [1.29, 1.82) is 0 Å². The van der Waals surface area contributed by atoms with E-state index in [2.05, 4.69) is 20.7 Å². The first kappa shape index (κ1) is 18.9. The lowest BCUT2D eigenvalue weighted by Gasteiger charge is -2.20. The van der Waals surface area contributed by atoms with Gasteiger partial charge < -0.3 is 5.32 Å². The number of nitrogens with one attached hydrogen (secondary N) is 2. The van der Waals surface area contributed by atoms with Gasteiger partial charge in [0.2, 0.25) is 11.9 Å². The average molecular weight is 378 g/mol. The fourth-order valence-corrected chi connectivity index (χ4v) is 5.48. The maximum Gasteiger partial charge on any atom is 0.227 e. The molecule has 0 aliphatic carbocycles. The van der Waals surface area contributed by atoms with Gasteiger partial charge in [0.15, 0.2) is 5.82 Å². The summed E-state index contributed by atoms with van der Waals surface area (Å²) in [6, 6.07) is 0. The number of hydrogen-bond acceptors (Lipinski definition) is 6. The summed E-state index contributed by atoms with van der Waals surface area (Å²) in [7, 11) is 1.85. The van der Waals surface area contributed by atoms with E-state index in [9.17, 15) is 4.79 Å². The smallest absolute Gasteiger partial charge is 0.227 e. The summed E-state index contributed by atoms with van der Waals surface area (Å²) in [5.41, 5.74) is 0. The predicted molar refractivity (Wildman–Crippen MR) is 99.9 cm³/mol. The molecule has 0 bridgehead atoms. The molecule has 2 fully saturated rings. The summed E-state index contributed by atoms with van der Waals surface area (Å²) in [4.78, 5) is 16.7. The van der Waals surface area contributed by atoms with Crippen LogP contribution in [0.15, 0.2) is 0 Å². The fourth-order valence-electron chi connectivity index (χ4n) is 2.80. The number of halogens is 1. The van der Waals surface area contributed by atoms with Crippen molar-refractivity contribution in [1.82, 2.24) is 20.1 Å². The van der Waals surface area contributed by atoms with Crippen molar-refractivity contribution in [3.63, 3.8) is 0 Å². The van der Waals surface area contributed by atoms with Gasteiger partial charge in [-0.25, -0.2) is 4.68 Å². The van der Waals surface area contributed by atoms with E-state index in [-0.39, 0.29) is 18.3 Å². The topological polar surface area (TPSA) is 71.8 Å². The summed E-state index contributed by atoms with van der Waals surface area (Å²) in [5, 5.41) is 11.2. The highest BCUT2D eigenvalue weighted by Gasteiger charge is 2.22. The highest BCUT2D eigenvalue weighted by molar-refractivity contribution is 8.06. The molecule has 1 aromatic rings. The van der Waals surface area contributed by atoms with Crippen molar-refractivity contribution < 1.29 is 4.79 Å². The van der Waals surface area contributed by atoms with E-state index in [1.807, 2.05) is 30.6 Å². The minimum Gasteiger partial charge on any atom is -0.317 e. The van der Waals surface area contributed by atoms with E-state index in [0.717, 1.165) is 43.3 Å². The molecule has 130 valence electrons. The van der Waals surface area contributed by atoms with Gasteiger partial charge in [-0.2, -0.15) is 33.6 Å². The molecule has 1 unspecified atom stereocenters. The van der Waals surface area contributed by atoms with Crippen molar-refractivity contribution in [3.05, 3.63) is 5.82 Å². The van der Waals surface area contributed by atoms with E-state index in [1.165, 1.54) is 5.75 Å². The van der Waals surface area contributed by atoms with Gasteiger partial charge in [-0.15, -0.1) is 12.4 Å². The minimum absolute atomic E-state index is 0. The van der Waals surface area contributed by atoms with Crippen LogP contribution >= 0.6 is 35.9 Å². The lowest BCUT2D eigenvalue weighted by atomic mass is 9.98. The quantitative estimate of drug-likeness (QED) is 0.834. The second-order valence-corrected chi connectivity index (χ2v) is 8.32. The number of hydrogen-bond donors (Lipinski definition) is 2. The van der Waals surface area contributed by atoms with Crippen LogP contribution in [0.25, 0.3) is 0 Å². The Bertz CT molecular complexity index is 515. The number of carbonyl (C=O) groups excluding carboxylic acids is 1. The Hall–Kier alpha value is -0.440. The molecule has 2 N–H and O–H groups in total. The second-order valence-electron chi connectivity index (χ2n) is 5.76. The standard InChI is InChI=1S/C14H23N5OS2.ClH/c1-19-14(16-12(20)8-11-9-21-6-7-22-11)17-13(18-19)10-2-4-15-5-3-10;/h10-11,15H,2-9H2,1H3,(H,16,17,18,20);1H. The number of piperidine rings is 1. The Balaban J connectivity index is 0.00000192. The molecule has 2 aliphatic heterocycles. The number of nitrogens with zero attached hydrogens (tertiary/aromatic N) is 3. The van der Waals surface area contributed by atoms with E-state index in [0.29, 0.717) is 23.5 Å². The normalized spacial score (nSPS) is 22.4. The Labute approximate surface area is 151 Å². The van der Waals surface area contributed by atoms with Gasteiger partial charge in [-0.05, 0) is 25.9 Å². The van der Waals surface area contributed by atoms with Crippen molar-refractivity contribution in [2.45, 2.75) is 30.4 Å². The highest BCUT2D eigenvalue weighted by Crippen LogP contribution is 2.27. The molecule has 3 heterocycles. The van der Waals surface area contributed by atoms with Crippen LogP contribution in [0.5, 0.6) is 0 Å². The van der Waals surface area contributed by atoms with Crippen LogP contribution in [0.4, 0.5) is 5.95 Å². The third kappa shape index (κ3) is 5.27. The van der Waals surface area contributed by atoms with Gasteiger partial charge in [0.25, 0.3) is 0 Å². The van der Waals surface area contributed by atoms with Gasteiger partial charge in [-0.3, -0.25) is 10.1 Å². The number of aromatic nitrogens is 3. The number of carbonyl (C=O) groups is 1. The Morgan fingerprint density at radius 2 is 2.17 bits per heavy atom. The van der Waals surface area contributed by atoms with Gasteiger partial charge >= 0.3 is 0 Å². The zero-order valence-electron chi connectivity index (χ0n) is 13.3. The van der Waals surface area contributed by atoms with Crippen molar-refractivity contribution in [3.8, 4) is 0 Å². The largest absolute Gasteiger partial charge is 0.317 e. The maximum absolute atomic E-state index is 12.2. The molecule has 1 amide bonds. The summed E-state index contributed by atoms with van der Waals surface area (Å²) < 4.78 is 1.69. The first-order chi connectivity index (χ1) is 10.7. The summed E-state index contributed by atoms with van der Waals surface area (Å²) in [5.74, 6) is 5.31. The molecule has 0 saturated carbocycles. The fraction of sp³-hybridized carbons (Fsp3) is 0.786. The zero-order chi connectivity index (χ0) is 15.4. The molecule has 3 rings (SSSR count). The number of thioether (sulfide) groups is 2. The average Bonchev–Trinajstić information content (AvgIpc) is 2.90. The monoisotopic (exact) mass is 377 g/mol. The molecule has 9 heteroatoms. The number of aryl methyl sites for hydroxylation is 1. The highest BCUT2D eigenvalue weighted by atomic mass is 35.5. The molecule has 0 aromatic carbocycles. The van der Waals surface area contributed by atoms with Crippen LogP contribution in [0, 0.1) is 0 Å². The Morgan fingerprint density at radius 1 is 1.39 bits per heavy atom. The van der Waals surface area contributed by atoms with Gasteiger partial charge in [0.1, 0.15) is 0 Å². The van der Waals surface area contributed by atoms with Gasteiger partial charge in [0, 0.05) is 41.9 Å². The van der Waals surface area contributed by atoms with E-state index < -0.39 is 0 Å². The van der Waals surface area contributed by atoms with Crippen LogP contribution in [0.3, 0.4) is 0 Å². The van der Waals surface area contributed by atoms with Crippen molar-refractivity contribution in [2.75, 3.05) is 35.7 Å². The lowest BCUT2D eigenvalue weighted by molar-refractivity contribution is -0.116. The summed E-state index contributed by atoms with van der Waals surface area (Å²) in [6.45, 7) is 2.03. The lowest BCUT2D eigenvalue weighted by Crippen LogP contribution is -2.27. The van der Waals surface area contributed by atoms with Crippen LogP contribution in [0.1, 0.15) is 31.0 Å². The third-order valence-corrected chi connectivity index (χ3v) is 6.88. The van der Waals surface area contributed by atoms with Crippen LogP contribution in [-0.2, 0) is 11.8 Å². The van der Waals surface area contributed by atoms with Crippen molar-refractivity contribution in [2.24, 2.45) is 7.05 Å². The predicted octanol–water partition coefficient (Wildman–Crippen LogP) is 1.88. The second kappa shape index (κ2) is 9.15. The first-order valence-corrected chi connectivity index (χ1v) is 10.0. The molecular weight excluding hydrogens is 354 g/mol. The molecule has 2 saturated heterocycles. The number of rotatable bonds is 4. The van der Waals surface area contributed by atoms with Crippen LogP contribution < -0.4 is 10.6 Å². The molecule has 1 aromatic heterocycles. The molecule has 6 nitrogen and oxygen atoms in total. The molecule has 0 radical (unpaired) electrons. The molecule has 1 atom stereocenters. The number of amides is 1. The summed E-state index contributed by atoms with van der Waals surface area (Å²) >= 11 is 3.84. The van der Waals surface area contributed by atoms with Crippen LogP contribution in [0.2, 0.25) is 0 Å². The van der Waals surface area contributed by atoms with Gasteiger partial charge in [0.05, 0.1) is 0 Å². The molecule has 2 aliphatic rings. The molecule has 23 heavy (non-hydrogen) atoms. The van der Waals surface area contributed by atoms with E-state index in [1.54, 1.807) is 4.68 Å². The first-order valence-electron chi connectivity index (χ1n) is 7.83. The summed E-state index contributed by atoms with van der Waals surface area (Å²) in [6.07, 6.45) is 2.69. The van der Waals surface area contributed by atoms with Crippen molar-refractivity contribution >= 4 is 47.8 Å². The van der Waals surface area contributed by atoms with Crippen LogP contribution in [-0.4, -0.2) is 56.3 Å². The van der Waals surface area contributed by atoms with E-state index in [4.69, 9.17) is 0 Å². The van der Waals surface area contributed by atoms with Gasteiger partial charge in [-0.1, -0.05) is 0 Å². The minimum atomic E-state index is 0. The number of anilines is 1.